The van der Waals surface area contributed by atoms with Gasteiger partial charge in [0.05, 0.1) is 6.61 Å². The molecule has 0 aliphatic carbocycles. The van der Waals surface area contributed by atoms with E-state index in [0.717, 1.165) is 5.56 Å². The lowest BCUT2D eigenvalue weighted by molar-refractivity contribution is -0.138. The summed E-state index contributed by atoms with van der Waals surface area (Å²) in [6, 6.07) is 2.29. The van der Waals surface area contributed by atoms with Crippen LogP contribution in [-0.4, -0.2) is 28.8 Å². The molecule has 0 aliphatic rings. The van der Waals surface area contributed by atoms with Gasteiger partial charge in [-0.05, 0) is 37.5 Å². The predicted molar refractivity (Wildman–Crippen MR) is 63.3 cm³/mol. The second kappa shape index (κ2) is 5.54. The first-order valence-corrected chi connectivity index (χ1v) is 5.39. The summed E-state index contributed by atoms with van der Waals surface area (Å²) in [5.74, 6) is -0.615. The van der Waals surface area contributed by atoms with Crippen LogP contribution in [-0.2, 0) is 11.2 Å². The lowest BCUT2D eigenvalue weighted by atomic mass is 10.0. The number of aryl methyl sites for hydroxylation is 1. The van der Waals surface area contributed by atoms with E-state index >= 15 is 0 Å². The first kappa shape index (κ1) is 13.3. The number of phenols is 1. The van der Waals surface area contributed by atoms with Crippen molar-refractivity contribution in [3.05, 3.63) is 23.3 Å². The molecule has 0 spiro atoms. The summed E-state index contributed by atoms with van der Waals surface area (Å²) >= 11 is 0. The highest BCUT2D eigenvalue weighted by atomic mass is 16.5. The average Bonchev–Trinajstić information content (AvgIpc) is 2.23. The molecule has 1 aromatic rings. The van der Waals surface area contributed by atoms with Gasteiger partial charge in [-0.25, -0.2) is 0 Å². The number of hydrogen-bond acceptors (Lipinski definition) is 4. The van der Waals surface area contributed by atoms with Crippen molar-refractivity contribution in [2.45, 2.75) is 26.3 Å². The van der Waals surface area contributed by atoms with E-state index in [-0.39, 0.29) is 12.2 Å². The molecule has 5 nitrogen and oxygen atoms in total. The van der Waals surface area contributed by atoms with Gasteiger partial charge >= 0.3 is 5.97 Å². The number of carboxylic acids is 1. The lowest BCUT2D eigenvalue weighted by Crippen LogP contribution is -2.32. The van der Waals surface area contributed by atoms with Crippen molar-refractivity contribution in [3.8, 4) is 11.5 Å². The van der Waals surface area contributed by atoms with Crippen molar-refractivity contribution in [2.24, 2.45) is 5.73 Å². The second-order valence-corrected chi connectivity index (χ2v) is 3.84. The van der Waals surface area contributed by atoms with Gasteiger partial charge in [0.25, 0.3) is 0 Å². The van der Waals surface area contributed by atoms with Crippen molar-refractivity contribution in [1.29, 1.82) is 0 Å². The number of hydrogen-bond donors (Lipinski definition) is 3. The summed E-state index contributed by atoms with van der Waals surface area (Å²) in [5.41, 5.74) is 6.88. The van der Waals surface area contributed by atoms with Crippen molar-refractivity contribution in [3.63, 3.8) is 0 Å². The number of aliphatic carboxylic acids is 1. The largest absolute Gasteiger partial charge is 0.504 e. The second-order valence-electron chi connectivity index (χ2n) is 3.84. The maximum Gasteiger partial charge on any atom is 0.320 e. The van der Waals surface area contributed by atoms with E-state index in [4.69, 9.17) is 15.6 Å². The number of benzene rings is 1. The first-order chi connectivity index (χ1) is 7.95. The highest BCUT2D eigenvalue weighted by Crippen LogP contribution is 2.31. The molecule has 5 heteroatoms. The van der Waals surface area contributed by atoms with E-state index in [1.807, 2.05) is 6.92 Å². The van der Waals surface area contributed by atoms with E-state index in [9.17, 15) is 9.90 Å². The van der Waals surface area contributed by atoms with Crippen molar-refractivity contribution < 1.29 is 19.7 Å². The Balaban J connectivity index is 2.94. The minimum Gasteiger partial charge on any atom is -0.504 e. The Hall–Kier alpha value is -1.75. The molecule has 0 amide bonds. The Morgan fingerprint density at radius 1 is 1.53 bits per heavy atom. The fourth-order valence-corrected chi connectivity index (χ4v) is 1.62. The molecule has 1 rings (SSSR count). The van der Waals surface area contributed by atoms with E-state index in [1.165, 1.54) is 6.07 Å². The third-order valence-electron chi connectivity index (χ3n) is 2.38. The average molecular weight is 239 g/mol. The highest BCUT2D eigenvalue weighted by Gasteiger charge is 2.15. The number of nitrogens with two attached hydrogens (primary N) is 1. The third kappa shape index (κ3) is 3.35. The van der Waals surface area contributed by atoms with Crippen LogP contribution in [0.5, 0.6) is 11.5 Å². The van der Waals surface area contributed by atoms with Gasteiger partial charge in [-0.15, -0.1) is 0 Å². The number of carboxylic acid groups (broad SMARTS) is 1. The van der Waals surface area contributed by atoms with Crippen LogP contribution in [0.4, 0.5) is 0 Å². The molecule has 1 aromatic carbocycles. The molecule has 1 atom stereocenters. The van der Waals surface area contributed by atoms with E-state index in [2.05, 4.69) is 0 Å². The zero-order chi connectivity index (χ0) is 13.0. The van der Waals surface area contributed by atoms with Gasteiger partial charge in [-0.1, -0.05) is 6.07 Å². The number of rotatable bonds is 5. The van der Waals surface area contributed by atoms with Crippen LogP contribution < -0.4 is 10.5 Å². The van der Waals surface area contributed by atoms with Crippen LogP contribution >= 0.6 is 0 Å². The highest BCUT2D eigenvalue weighted by molar-refractivity contribution is 5.73. The predicted octanol–water partition coefficient (Wildman–Crippen LogP) is 1.05. The summed E-state index contributed by atoms with van der Waals surface area (Å²) in [7, 11) is 0. The molecule has 17 heavy (non-hydrogen) atoms. The van der Waals surface area contributed by atoms with Crippen LogP contribution in [0.2, 0.25) is 0 Å². The molecule has 0 heterocycles. The summed E-state index contributed by atoms with van der Waals surface area (Å²) in [6.45, 7) is 4.08. The SMILES string of the molecule is CCOc1c(C)cc(C[C@H](N)C(=O)O)cc1O. The Kier molecular flexibility index (Phi) is 4.34. The Bertz CT molecular complexity index is 394. The third-order valence-corrected chi connectivity index (χ3v) is 2.38. The van der Waals surface area contributed by atoms with Gasteiger partial charge in [0.15, 0.2) is 11.5 Å². The molecule has 0 aliphatic heterocycles. The van der Waals surface area contributed by atoms with E-state index in [0.29, 0.717) is 17.9 Å². The Morgan fingerprint density at radius 2 is 2.18 bits per heavy atom. The summed E-state index contributed by atoms with van der Waals surface area (Å²) in [5, 5.41) is 18.5. The van der Waals surface area contributed by atoms with Gasteiger partial charge in [0.1, 0.15) is 6.04 Å². The zero-order valence-electron chi connectivity index (χ0n) is 9.93. The normalized spacial score (nSPS) is 12.2. The fourth-order valence-electron chi connectivity index (χ4n) is 1.62. The molecular formula is C12H17NO4. The van der Waals surface area contributed by atoms with Crippen LogP contribution in [0.1, 0.15) is 18.1 Å². The number of carbonyl (C=O) groups is 1. The van der Waals surface area contributed by atoms with Crippen LogP contribution in [0.25, 0.3) is 0 Å². The molecule has 0 aromatic heterocycles. The summed E-state index contributed by atoms with van der Waals surface area (Å²) in [6.07, 6.45) is 0.177. The monoisotopic (exact) mass is 239 g/mol. The molecule has 0 saturated heterocycles. The molecule has 0 bridgehead atoms. The minimum absolute atomic E-state index is 0.0134. The lowest BCUT2D eigenvalue weighted by Gasteiger charge is -2.12. The Labute approximate surface area is 99.8 Å². The van der Waals surface area contributed by atoms with Crippen LogP contribution in [0, 0.1) is 6.92 Å². The fraction of sp³-hybridized carbons (Fsp3) is 0.417. The molecule has 0 unspecified atom stereocenters. The number of aromatic hydroxyl groups is 1. The summed E-state index contributed by atoms with van der Waals surface area (Å²) < 4.78 is 5.28. The van der Waals surface area contributed by atoms with Gasteiger partial charge in [-0.3, -0.25) is 4.79 Å². The van der Waals surface area contributed by atoms with E-state index in [1.54, 1.807) is 13.0 Å². The number of phenolic OH excluding ortho intramolecular Hbond substituents is 1. The molecule has 94 valence electrons. The molecule has 4 N–H and O–H groups in total. The first-order valence-electron chi connectivity index (χ1n) is 5.39. The molecule has 0 fully saturated rings. The molecule has 0 radical (unpaired) electrons. The van der Waals surface area contributed by atoms with Crippen LogP contribution in [0.15, 0.2) is 12.1 Å². The number of ether oxygens (including phenoxy) is 1. The Morgan fingerprint density at radius 3 is 2.65 bits per heavy atom. The minimum atomic E-state index is -1.06. The van der Waals surface area contributed by atoms with Crippen molar-refractivity contribution in [2.75, 3.05) is 6.61 Å². The zero-order valence-corrected chi connectivity index (χ0v) is 9.93. The summed E-state index contributed by atoms with van der Waals surface area (Å²) in [4.78, 5) is 10.6. The van der Waals surface area contributed by atoms with Gasteiger partial charge < -0.3 is 20.7 Å². The molecular weight excluding hydrogens is 222 g/mol. The van der Waals surface area contributed by atoms with Gasteiger partial charge in [0.2, 0.25) is 0 Å². The van der Waals surface area contributed by atoms with Crippen LogP contribution in [0.3, 0.4) is 0 Å². The van der Waals surface area contributed by atoms with Crippen molar-refractivity contribution >= 4 is 5.97 Å². The maximum atomic E-state index is 10.6. The maximum absolute atomic E-state index is 10.6. The topological polar surface area (TPSA) is 92.8 Å². The van der Waals surface area contributed by atoms with Crippen molar-refractivity contribution in [1.82, 2.24) is 0 Å². The smallest absolute Gasteiger partial charge is 0.320 e. The standard InChI is InChI=1S/C12H17NO4/c1-3-17-11-7(2)4-8(6-10(11)14)5-9(13)12(15)16/h4,6,9,14H,3,5,13H2,1-2H3,(H,15,16)/t9-/m0/s1. The molecule has 0 saturated carbocycles. The van der Waals surface area contributed by atoms with Gasteiger partial charge in [0, 0.05) is 0 Å². The van der Waals surface area contributed by atoms with Gasteiger partial charge in [-0.2, -0.15) is 0 Å². The van der Waals surface area contributed by atoms with E-state index < -0.39 is 12.0 Å². The quantitative estimate of drug-likeness (QED) is 0.714.